The number of aromatic nitrogens is 4. The van der Waals surface area contributed by atoms with E-state index in [1.807, 2.05) is 31.1 Å². The molecule has 21 heavy (non-hydrogen) atoms. The number of nitrogens with one attached hydrogen (secondary N) is 2. The third-order valence-electron chi connectivity index (χ3n) is 3.67. The largest absolute Gasteiger partial charge is 0.352 e. The topological polar surface area (TPSA) is 70.9 Å². The second kappa shape index (κ2) is 5.19. The average molecular weight is 303 g/mol. The molecule has 2 aromatic heterocycles. The van der Waals surface area contributed by atoms with Gasteiger partial charge in [-0.25, -0.2) is 4.98 Å². The number of rotatable bonds is 3. The fraction of sp³-hybridized carbons (Fsp3) is 0.462. The highest BCUT2D eigenvalue weighted by Gasteiger charge is 2.33. The van der Waals surface area contributed by atoms with Crippen LogP contribution in [0.4, 0.5) is 17.5 Å². The summed E-state index contributed by atoms with van der Waals surface area (Å²) in [6.45, 7) is 2.00. The summed E-state index contributed by atoms with van der Waals surface area (Å²) in [6.07, 6.45) is 5.47. The van der Waals surface area contributed by atoms with Crippen molar-refractivity contribution in [3.63, 3.8) is 0 Å². The lowest BCUT2D eigenvalue weighted by molar-refractivity contribution is 0.488. The van der Waals surface area contributed by atoms with Crippen LogP contribution in [0.2, 0.25) is 0 Å². The molecule has 0 amide bonds. The SMILES string of the molecule is Cn1cc(Nc2nccc(N3CC4CSC(C3)N4)n2)cn1. The Morgan fingerprint density at radius 1 is 1.43 bits per heavy atom. The molecule has 8 heteroatoms. The summed E-state index contributed by atoms with van der Waals surface area (Å²) in [5, 5.41) is 11.4. The van der Waals surface area contributed by atoms with Crippen molar-refractivity contribution in [3.8, 4) is 0 Å². The van der Waals surface area contributed by atoms with Crippen molar-refractivity contribution in [3.05, 3.63) is 24.7 Å². The third kappa shape index (κ3) is 2.68. The Hall–Kier alpha value is -1.80. The minimum atomic E-state index is 0.522. The summed E-state index contributed by atoms with van der Waals surface area (Å²) in [4.78, 5) is 11.2. The molecule has 2 fully saturated rings. The van der Waals surface area contributed by atoms with Crippen LogP contribution in [0, 0.1) is 0 Å². The zero-order chi connectivity index (χ0) is 14.2. The summed E-state index contributed by atoms with van der Waals surface area (Å²) in [5.41, 5.74) is 0.894. The number of anilines is 3. The van der Waals surface area contributed by atoms with Gasteiger partial charge >= 0.3 is 0 Å². The zero-order valence-electron chi connectivity index (χ0n) is 11.7. The summed E-state index contributed by atoms with van der Waals surface area (Å²) in [7, 11) is 1.89. The van der Waals surface area contributed by atoms with Gasteiger partial charge < -0.3 is 10.2 Å². The summed E-state index contributed by atoms with van der Waals surface area (Å²) in [6, 6.07) is 2.54. The second-order valence-electron chi connectivity index (χ2n) is 5.36. The van der Waals surface area contributed by atoms with Crippen molar-refractivity contribution in [2.45, 2.75) is 11.4 Å². The highest BCUT2D eigenvalue weighted by molar-refractivity contribution is 8.00. The first-order valence-corrected chi connectivity index (χ1v) is 8.02. The van der Waals surface area contributed by atoms with Crippen molar-refractivity contribution in [2.75, 3.05) is 29.1 Å². The minimum absolute atomic E-state index is 0.522. The molecular weight excluding hydrogens is 286 g/mol. The number of aryl methyl sites for hydroxylation is 1. The molecule has 0 spiro atoms. The van der Waals surface area contributed by atoms with Crippen LogP contribution in [0.1, 0.15) is 0 Å². The lowest BCUT2D eigenvalue weighted by Crippen LogP contribution is -2.51. The van der Waals surface area contributed by atoms with E-state index in [9.17, 15) is 0 Å². The number of nitrogens with zero attached hydrogens (tertiary/aromatic N) is 5. The van der Waals surface area contributed by atoms with Crippen LogP contribution < -0.4 is 15.5 Å². The summed E-state index contributed by atoms with van der Waals surface area (Å²) in [5.74, 6) is 2.78. The minimum Gasteiger partial charge on any atom is -0.352 e. The number of piperazine rings is 1. The second-order valence-corrected chi connectivity index (χ2v) is 6.59. The maximum Gasteiger partial charge on any atom is 0.229 e. The molecule has 2 saturated heterocycles. The van der Waals surface area contributed by atoms with Gasteiger partial charge in [-0.05, 0) is 6.07 Å². The lowest BCUT2D eigenvalue weighted by Gasteiger charge is -2.32. The third-order valence-corrected chi connectivity index (χ3v) is 4.96. The number of hydrogen-bond donors (Lipinski definition) is 2. The first-order valence-electron chi connectivity index (χ1n) is 6.97. The van der Waals surface area contributed by atoms with E-state index in [4.69, 9.17) is 0 Å². The van der Waals surface area contributed by atoms with Crippen molar-refractivity contribution >= 4 is 29.2 Å². The van der Waals surface area contributed by atoms with E-state index in [1.165, 1.54) is 5.75 Å². The van der Waals surface area contributed by atoms with Gasteiger partial charge in [-0.15, -0.1) is 11.8 Å². The predicted molar refractivity (Wildman–Crippen MR) is 83.9 cm³/mol. The van der Waals surface area contributed by atoms with Gasteiger partial charge in [0, 0.05) is 44.3 Å². The average Bonchev–Trinajstić information content (AvgIpc) is 3.04. The first kappa shape index (κ1) is 12.9. The van der Waals surface area contributed by atoms with Gasteiger partial charge in [-0.3, -0.25) is 10.00 Å². The Labute approximate surface area is 127 Å². The molecule has 2 bridgehead atoms. The van der Waals surface area contributed by atoms with E-state index in [0.29, 0.717) is 17.4 Å². The molecule has 0 saturated carbocycles. The molecule has 2 aliphatic heterocycles. The molecule has 110 valence electrons. The molecular formula is C13H17N7S. The van der Waals surface area contributed by atoms with E-state index < -0.39 is 0 Å². The maximum atomic E-state index is 4.63. The standard InChI is InChI=1S/C13H17N7S/c1-19-5-9(4-15-19)17-13-14-3-2-11(18-13)20-6-10-8-21-12(7-20)16-10/h2-5,10,12,16H,6-8H2,1H3,(H,14,17,18). The summed E-state index contributed by atoms with van der Waals surface area (Å²) >= 11 is 2.00. The smallest absolute Gasteiger partial charge is 0.229 e. The van der Waals surface area contributed by atoms with E-state index >= 15 is 0 Å². The van der Waals surface area contributed by atoms with Gasteiger partial charge in [0.15, 0.2) is 0 Å². The Balaban J connectivity index is 1.52. The van der Waals surface area contributed by atoms with Crippen LogP contribution in [0.15, 0.2) is 24.7 Å². The highest BCUT2D eigenvalue weighted by Crippen LogP contribution is 2.27. The van der Waals surface area contributed by atoms with Crippen LogP contribution >= 0.6 is 11.8 Å². The molecule has 4 heterocycles. The van der Waals surface area contributed by atoms with E-state index in [0.717, 1.165) is 24.6 Å². The molecule has 7 nitrogen and oxygen atoms in total. The Morgan fingerprint density at radius 2 is 2.38 bits per heavy atom. The van der Waals surface area contributed by atoms with Crippen molar-refractivity contribution < 1.29 is 0 Å². The molecule has 0 aliphatic carbocycles. The molecule has 2 aromatic rings. The normalized spacial score (nSPS) is 24.3. The molecule has 2 aliphatic rings. The Morgan fingerprint density at radius 3 is 3.19 bits per heavy atom. The van der Waals surface area contributed by atoms with Gasteiger partial charge in [0.05, 0.1) is 17.3 Å². The fourth-order valence-electron chi connectivity index (χ4n) is 2.73. The lowest BCUT2D eigenvalue weighted by atomic mass is 10.2. The van der Waals surface area contributed by atoms with E-state index in [-0.39, 0.29) is 0 Å². The number of fused-ring (bicyclic) bond motifs is 2. The van der Waals surface area contributed by atoms with Gasteiger partial charge in [0.2, 0.25) is 5.95 Å². The first-order chi connectivity index (χ1) is 10.3. The van der Waals surface area contributed by atoms with E-state index in [1.54, 1.807) is 17.1 Å². The fourth-order valence-corrected chi connectivity index (χ4v) is 3.97. The molecule has 2 unspecified atom stereocenters. The molecule has 2 N–H and O–H groups in total. The highest BCUT2D eigenvalue weighted by atomic mass is 32.2. The van der Waals surface area contributed by atoms with Crippen LogP contribution in [-0.2, 0) is 7.05 Å². The zero-order valence-corrected chi connectivity index (χ0v) is 12.5. The quantitative estimate of drug-likeness (QED) is 0.869. The molecule has 2 atom stereocenters. The predicted octanol–water partition coefficient (Wildman–Crippen LogP) is 0.805. The Bertz CT molecular complexity index is 631. The van der Waals surface area contributed by atoms with Gasteiger partial charge in [0.25, 0.3) is 0 Å². The van der Waals surface area contributed by atoms with Crippen molar-refractivity contribution in [1.29, 1.82) is 0 Å². The van der Waals surface area contributed by atoms with E-state index in [2.05, 4.69) is 30.6 Å². The molecule has 0 radical (unpaired) electrons. The number of hydrogen-bond acceptors (Lipinski definition) is 7. The monoisotopic (exact) mass is 303 g/mol. The van der Waals surface area contributed by atoms with Gasteiger partial charge in [-0.2, -0.15) is 10.1 Å². The van der Waals surface area contributed by atoms with Crippen LogP contribution in [0.5, 0.6) is 0 Å². The summed E-state index contributed by atoms with van der Waals surface area (Å²) < 4.78 is 1.75. The van der Waals surface area contributed by atoms with Crippen LogP contribution in [0.25, 0.3) is 0 Å². The maximum absolute atomic E-state index is 4.63. The number of thioether (sulfide) groups is 1. The van der Waals surface area contributed by atoms with Crippen molar-refractivity contribution in [1.82, 2.24) is 25.1 Å². The molecule has 4 rings (SSSR count). The van der Waals surface area contributed by atoms with Gasteiger partial charge in [-0.1, -0.05) is 0 Å². The van der Waals surface area contributed by atoms with Crippen molar-refractivity contribution in [2.24, 2.45) is 7.05 Å². The van der Waals surface area contributed by atoms with Gasteiger partial charge in [0.1, 0.15) is 5.82 Å². The van der Waals surface area contributed by atoms with Crippen LogP contribution in [0.3, 0.4) is 0 Å². The van der Waals surface area contributed by atoms with Crippen LogP contribution in [-0.4, -0.2) is 50.0 Å². The molecule has 0 aromatic carbocycles. The Kier molecular flexibility index (Phi) is 3.19.